The summed E-state index contributed by atoms with van der Waals surface area (Å²) in [7, 11) is 0. The number of ether oxygens (including phenoxy) is 1. The standard InChI is InChI=1S/C14H18O/c1-3-5-7-13-8-10-14(11-9-13)15-12-6-4-2/h8-11H,3-4,6,12H2,1-2H3. The Bertz CT molecular complexity index is 327. The minimum Gasteiger partial charge on any atom is -0.494 e. The van der Waals surface area contributed by atoms with Crippen molar-refractivity contribution in [2.45, 2.75) is 33.1 Å². The van der Waals surface area contributed by atoms with Gasteiger partial charge in [0.25, 0.3) is 0 Å². The number of hydrogen-bond donors (Lipinski definition) is 0. The van der Waals surface area contributed by atoms with E-state index in [1.807, 2.05) is 24.3 Å². The molecule has 0 N–H and O–H groups in total. The Labute approximate surface area is 92.5 Å². The van der Waals surface area contributed by atoms with Crippen molar-refractivity contribution in [3.63, 3.8) is 0 Å². The van der Waals surface area contributed by atoms with Gasteiger partial charge >= 0.3 is 0 Å². The average Bonchev–Trinajstić information content (AvgIpc) is 2.28. The van der Waals surface area contributed by atoms with E-state index in [-0.39, 0.29) is 0 Å². The van der Waals surface area contributed by atoms with Crippen LogP contribution in [0.25, 0.3) is 0 Å². The lowest BCUT2D eigenvalue weighted by atomic mass is 10.2. The van der Waals surface area contributed by atoms with Gasteiger partial charge in [0.15, 0.2) is 0 Å². The lowest BCUT2D eigenvalue weighted by Crippen LogP contribution is -1.95. The van der Waals surface area contributed by atoms with Gasteiger partial charge in [-0.25, -0.2) is 0 Å². The van der Waals surface area contributed by atoms with E-state index in [2.05, 4.69) is 25.7 Å². The van der Waals surface area contributed by atoms with Crippen LogP contribution in [-0.4, -0.2) is 6.61 Å². The minimum atomic E-state index is 0.802. The van der Waals surface area contributed by atoms with Crippen molar-refractivity contribution in [1.29, 1.82) is 0 Å². The van der Waals surface area contributed by atoms with Crippen molar-refractivity contribution >= 4 is 0 Å². The molecule has 0 aliphatic heterocycles. The van der Waals surface area contributed by atoms with Crippen LogP contribution < -0.4 is 4.74 Å². The van der Waals surface area contributed by atoms with Crippen LogP contribution in [0.2, 0.25) is 0 Å². The topological polar surface area (TPSA) is 9.23 Å². The van der Waals surface area contributed by atoms with Crippen LogP contribution in [0.15, 0.2) is 24.3 Å². The van der Waals surface area contributed by atoms with E-state index >= 15 is 0 Å². The predicted octanol–water partition coefficient (Wildman–Crippen LogP) is 3.63. The van der Waals surface area contributed by atoms with Gasteiger partial charge in [0, 0.05) is 12.0 Å². The first-order valence-electron chi connectivity index (χ1n) is 5.58. The second kappa shape index (κ2) is 6.95. The molecule has 0 aliphatic rings. The van der Waals surface area contributed by atoms with Crippen molar-refractivity contribution < 1.29 is 4.74 Å². The summed E-state index contributed by atoms with van der Waals surface area (Å²) in [4.78, 5) is 0. The molecule has 1 rings (SSSR count). The fraction of sp³-hybridized carbons (Fsp3) is 0.429. The normalized spacial score (nSPS) is 9.20. The highest BCUT2D eigenvalue weighted by atomic mass is 16.5. The minimum absolute atomic E-state index is 0.802. The van der Waals surface area contributed by atoms with E-state index in [1.165, 1.54) is 6.42 Å². The van der Waals surface area contributed by atoms with Gasteiger partial charge in [0.05, 0.1) is 6.61 Å². The van der Waals surface area contributed by atoms with Gasteiger partial charge in [0.1, 0.15) is 5.75 Å². The van der Waals surface area contributed by atoms with E-state index in [1.54, 1.807) is 0 Å². The fourth-order valence-corrected chi connectivity index (χ4v) is 1.16. The predicted molar refractivity (Wildman–Crippen MR) is 64.0 cm³/mol. The van der Waals surface area contributed by atoms with Gasteiger partial charge in [-0.3, -0.25) is 0 Å². The SMILES string of the molecule is CCC#Cc1ccc(OCCCC)cc1. The molecule has 0 bridgehead atoms. The molecule has 0 amide bonds. The summed E-state index contributed by atoms with van der Waals surface area (Å²) in [5.41, 5.74) is 1.06. The zero-order valence-corrected chi connectivity index (χ0v) is 9.55. The number of unbranched alkanes of at least 4 members (excludes halogenated alkanes) is 1. The first-order chi connectivity index (χ1) is 7.36. The maximum atomic E-state index is 5.56. The Hall–Kier alpha value is -1.42. The number of benzene rings is 1. The third kappa shape index (κ3) is 4.56. The molecule has 0 fully saturated rings. The summed E-state index contributed by atoms with van der Waals surface area (Å²) in [6.07, 6.45) is 3.17. The fourth-order valence-electron chi connectivity index (χ4n) is 1.16. The van der Waals surface area contributed by atoms with Crippen molar-refractivity contribution in [3.05, 3.63) is 29.8 Å². The van der Waals surface area contributed by atoms with Crippen LogP contribution in [0, 0.1) is 11.8 Å². The van der Waals surface area contributed by atoms with Crippen LogP contribution in [0.5, 0.6) is 5.75 Å². The number of rotatable bonds is 4. The van der Waals surface area contributed by atoms with Crippen LogP contribution in [0.3, 0.4) is 0 Å². The highest BCUT2D eigenvalue weighted by Gasteiger charge is 1.92. The molecule has 0 saturated heterocycles. The van der Waals surface area contributed by atoms with Gasteiger partial charge in [-0.15, -0.1) is 0 Å². The monoisotopic (exact) mass is 202 g/mol. The second-order valence-electron chi connectivity index (χ2n) is 3.38. The Morgan fingerprint density at radius 1 is 1.13 bits per heavy atom. The van der Waals surface area contributed by atoms with Gasteiger partial charge in [-0.05, 0) is 30.7 Å². The molecule has 1 nitrogen and oxygen atoms in total. The van der Waals surface area contributed by atoms with E-state index < -0.39 is 0 Å². The second-order valence-corrected chi connectivity index (χ2v) is 3.38. The van der Waals surface area contributed by atoms with E-state index in [0.717, 1.165) is 30.8 Å². The molecule has 80 valence electrons. The highest BCUT2D eigenvalue weighted by Crippen LogP contribution is 2.11. The number of hydrogen-bond acceptors (Lipinski definition) is 1. The quantitative estimate of drug-likeness (QED) is 0.535. The zero-order valence-electron chi connectivity index (χ0n) is 9.55. The average molecular weight is 202 g/mol. The van der Waals surface area contributed by atoms with Crippen molar-refractivity contribution in [1.82, 2.24) is 0 Å². The Balaban J connectivity index is 2.49. The zero-order chi connectivity index (χ0) is 10.9. The lowest BCUT2D eigenvalue weighted by molar-refractivity contribution is 0.309. The van der Waals surface area contributed by atoms with Crippen molar-refractivity contribution in [3.8, 4) is 17.6 Å². The molecular formula is C14H18O. The summed E-state index contributed by atoms with van der Waals surface area (Å²) < 4.78 is 5.56. The van der Waals surface area contributed by atoms with Crippen LogP contribution in [-0.2, 0) is 0 Å². The summed E-state index contributed by atoms with van der Waals surface area (Å²) in [6, 6.07) is 7.97. The molecule has 1 heteroatoms. The summed E-state index contributed by atoms with van der Waals surface area (Å²) >= 11 is 0. The van der Waals surface area contributed by atoms with Crippen LogP contribution in [0.1, 0.15) is 38.7 Å². The Morgan fingerprint density at radius 2 is 1.87 bits per heavy atom. The first kappa shape index (κ1) is 11.7. The third-order valence-corrected chi connectivity index (χ3v) is 2.03. The molecular weight excluding hydrogens is 184 g/mol. The largest absolute Gasteiger partial charge is 0.494 e. The van der Waals surface area contributed by atoms with Crippen molar-refractivity contribution in [2.75, 3.05) is 6.61 Å². The van der Waals surface area contributed by atoms with E-state index in [0.29, 0.717) is 0 Å². The molecule has 15 heavy (non-hydrogen) atoms. The summed E-state index contributed by atoms with van der Waals surface area (Å²) in [5.74, 6) is 7.06. The maximum Gasteiger partial charge on any atom is 0.119 e. The summed E-state index contributed by atoms with van der Waals surface area (Å²) in [5, 5.41) is 0. The molecule has 0 saturated carbocycles. The Morgan fingerprint density at radius 3 is 2.47 bits per heavy atom. The lowest BCUT2D eigenvalue weighted by Gasteiger charge is -2.04. The highest BCUT2D eigenvalue weighted by molar-refractivity contribution is 5.38. The molecule has 1 aromatic carbocycles. The molecule has 0 aliphatic carbocycles. The van der Waals surface area contributed by atoms with E-state index in [4.69, 9.17) is 4.74 Å². The van der Waals surface area contributed by atoms with Crippen molar-refractivity contribution in [2.24, 2.45) is 0 Å². The third-order valence-electron chi connectivity index (χ3n) is 2.03. The van der Waals surface area contributed by atoms with Gasteiger partial charge < -0.3 is 4.74 Å². The molecule has 0 radical (unpaired) electrons. The first-order valence-corrected chi connectivity index (χ1v) is 5.58. The Kier molecular flexibility index (Phi) is 5.40. The van der Waals surface area contributed by atoms with Crippen LogP contribution >= 0.6 is 0 Å². The van der Waals surface area contributed by atoms with Crippen LogP contribution in [0.4, 0.5) is 0 Å². The molecule has 1 aromatic rings. The van der Waals surface area contributed by atoms with E-state index in [9.17, 15) is 0 Å². The molecule has 0 heterocycles. The smallest absolute Gasteiger partial charge is 0.119 e. The van der Waals surface area contributed by atoms with Gasteiger partial charge in [-0.1, -0.05) is 32.1 Å². The van der Waals surface area contributed by atoms with Gasteiger partial charge in [-0.2, -0.15) is 0 Å². The molecule has 0 spiro atoms. The summed E-state index contributed by atoms with van der Waals surface area (Å²) in [6.45, 7) is 5.01. The molecule has 0 aromatic heterocycles. The van der Waals surface area contributed by atoms with Gasteiger partial charge in [0.2, 0.25) is 0 Å². The molecule has 0 unspecified atom stereocenters. The molecule has 0 atom stereocenters. The maximum absolute atomic E-state index is 5.56.